The predicted octanol–water partition coefficient (Wildman–Crippen LogP) is -4.06. The Kier molecular flexibility index (Phi) is 7110. The Morgan fingerprint density at radius 2 is 0.500 bits per heavy atom. The molecule has 0 saturated heterocycles. The fraction of sp³-hybridized carbons (Fsp3) is 0. The first-order valence-corrected chi connectivity index (χ1v) is 3.48. The number of halogens is 1. The molecular formula is H12CoIO6. The van der Waals surface area contributed by atoms with E-state index in [0.717, 1.165) is 0 Å². The van der Waals surface area contributed by atoms with E-state index in [2.05, 4.69) is 12.5 Å². The molecule has 0 aliphatic rings. The van der Waals surface area contributed by atoms with Crippen LogP contribution in [0, 0.1) is 0 Å². The van der Waals surface area contributed by atoms with Gasteiger partial charge in [0.05, 0.1) is 0 Å². The van der Waals surface area contributed by atoms with Gasteiger partial charge < -0.3 is 32.9 Å². The van der Waals surface area contributed by atoms with Crippen molar-refractivity contribution in [2.45, 2.75) is 0 Å². The Bertz CT molecular complexity index is 8.49. The van der Waals surface area contributed by atoms with Crippen molar-refractivity contribution < 1.29 is 45.4 Å². The molecule has 0 heterocycles. The minimum absolute atomic E-state index is 0. The summed E-state index contributed by atoms with van der Waals surface area (Å²) in [7, 11) is 0. The van der Waals surface area contributed by atoms with Crippen LogP contribution in [0.4, 0.5) is 0 Å². The van der Waals surface area contributed by atoms with E-state index in [9.17, 15) is 0 Å². The number of hydrogen-bond acceptors (Lipinski definition) is 0. The van der Waals surface area contributed by atoms with E-state index in [4.69, 9.17) is 0 Å². The second-order valence-corrected chi connectivity index (χ2v) is 0. The van der Waals surface area contributed by atoms with Crippen LogP contribution in [-0.4, -0.2) is 32.9 Å². The molecule has 0 aromatic heterocycles. The standard InChI is InChI=1S/Co.HI.6H2O/h;1H;6*1H2/q+1;;;;;;;/p-1. The molecule has 0 rings (SSSR count). The Hall–Kier alpha value is 0.996. The average molecular weight is 294 g/mol. The van der Waals surface area contributed by atoms with Crippen LogP contribution in [0.1, 0.15) is 0 Å². The van der Waals surface area contributed by atoms with Crippen molar-refractivity contribution in [2.75, 3.05) is 0 Å². The van der Waals surface area contributed by atoms with Gasteiger partial charge >= 0.3 is 32.9 Å². The molecule has 0 aromatic carbocycles. The summed E-state index contributed by atoms with van der Waals surface area (Å²) in [5, 5.41) is 0. The fourth-order valence-electron chi connectivity index (χ4n) is 0. The van der Waals surface area contributed by atoms with Crippen molar-refractivity contribution in [2.24, 2.45) is 0 Å². The van der Waals surface area contributed by atoms with Gasteiger partial charge in [-0.15, -0.1) is 0 Å². The monoisotopic (exact) mass is 294 g/mol. The molecule has 8 heteroatoms. The first kappa shape index (κ1) is 144. The topological polar surface area (TPSA) is 189 Å². The van der Waals surface area contributed by atoms with Crippen LogP contribution in [0.2, 0.25) is 0 Å². The van der Waals surface area contributed by atoms with Gasteiger partial charge in [0.2, 0.25) is 0 Å². The van der Waals surface area contributed by atoms with E-state index in [1.54, 1.807) is 0 Å². The molecule has 8 heavy (non-hydrogen) atoms. The quantitative estimate of drug-likeness (QED) is 0.393. The Morgan fingerprint density at radius 3 is 0.500 bits per heavy atom. The minimum atomic E-state index is 0. The van der Waals surface area contributed by atoms with Gasteiger partial charge in [-0.3, -0.25) is 0 Å². The van der Waals surface area contributed by atoms with E-state index >= 15 is 0 Å². The van der Waals surface area contributed by atoms with Crippen LogP contribution in [0.15, 0.2) is 0 Å². The second kappa shape index (κ2) is 394. The van der Waals surface area contributed by atoms with E-state index < -0.39 is 0 Å². The first-order valence-electron chi connectivity index (χ1n) is 0.126. The summed E-state index contributed by atoms with van der Waals surface area (Å²) in [4.78, 5) is 0. The summed E-state index contributed by atoms with van der Waals surface area (Å²) in [6.07, 6.45) is 0. The summed E-state index contributed by atoms with van der Waals surface area (Å²) < 4.78 is 0. The van der Waals surface area contributed by atoms with Crippen molar-refractivity contribution >= 4 is 20.4 Å². The van der Waals surface area contributed by atoms with Gasteiger partial charge in [0.15, 0.2) is 0 Å². The average Bonchev–Trinajstić information content (AvgIpc) is 1.00. The normalized spacial score (nSPS) is 0.875. The van der Waals surface area contributed by atoms with Crippen LogP contribution in [0.3, 0.4) is 0 Å². The van der Waals surface area contributed by atoms with Crippen LogP contribution < -0.4 is 0 Å². The van der Waals surface area contributed by atoms with Gasteiger partial charge in [0.1, 0.15) is 0 Å². The second-order valence-electron chi connectivity index (χ2n) is 0. The Morgan fingerprint density at radius 1 is 0.500 bits per heavy atom. The summed E-state index contributed by atoms with van der Waals surface area (Å²) in [5.74, 6) is 0. The molecular weight excluding hydrogens is 282 g/mol. The first-order chi connectivity index (χ1) is 1.00. The molecule has 0 aliphatic carbocycles. The van der Waals surface area contributed by atoms with Crippen molar-refractivity contribution in [3.8, 4) is 0 Å². The molecule has 0 saturated carbocycles. The fourth-order valence-corrected chi connectivity index (χ4v) is 0. The summed E-state index contributed by atoms with van der Waals surface area (Å²) in [5.41, 5.74) is 0. The molecule has 0 fully saturated rings. The SMILES string of the molecule is O.O.O.O.O.O.[Co][I]. The predicted molar refractivity (Wildman–Crippen MR) is 35.7 cm³/mol. The molecule has 12 N–H and O–H groups in total. The van der Waals surface area contributed by atoms with Gasteiger partial charge in [-0.2, -0.15) is 0 Å². The third kappa shape index (κ3) is 253. The van der Waals surface area contributed by atoms with Crippen molar-refractivity contribution in [1.29, 1.82) is 0 Å². The third-order valence-corrected chi connectivity index (χ3v) is 0. The summed E-state index contributed by atoms with van der Waals surface area (Å²) in [6, 6.07) is 0. The zero-order chi connectivity index (χ0) is 2.00. The van der Waals surface area contributed by atoms with E-state index in [1.165, 1.54) is 0 Å². The van der Waals surface area contributed by atoms with Gasteiger partial charge in [0, 0.05) is 0 Å². The maximum absolute atomic E-state index is 3.53. The van der Waals surface area contributed by atoms with Crippen LogP contribution in [0.25, 0.3) is 0 Å². The van der Waals surface area contributed by atoms with E-state index in [0.29, 0.717) is 0 Å². The summed E-state index contributed by atoms with van der Waals surface area (Å²) >= 11 is 5.37. The van der Waals surface area contributed by atoms with Crippen LogP contribution >= 0.6 is 20.4 Å². The van der Waals surface area contributed by atoms with Gasteiger partial charge in [0.25, 0.3) is 0 Å². The number of rotatable bonds is 0. The van der Waals surface area contributed by atoms with Crippen molar-refractivity contribution in [1.82, 2.24) is 0 Å². The maximum atomic E-state index is 3.53. The van der Waals surface area contributed by atoms with Crippen LogP contribution in [0.5, 0.6) is 0 Å². The molecule has 0 aliphatic heterocycles. The molecule has 0 radical (unpaired) electrons. The zero-order valence-electron chi connectivity index (χ0n) is 3.71. The van der Waals surface area contributed by atoms with Gasteiger partial charge in [-0.05, 0) is 0 Å². The molecule has 0 aromatic rings. The van der Waals surface area contributed by atoms with E-state index in [1.807, 2.05) is 20.4 Å². The molecule has 0 atom stereocenters. The Labute approximate surface area is 65.9 Å². The van der Waals surface area contributed by atoms with E-state index in [-0.39, 0.29) is 32.9 Å². The number of hydrogen-bond donors (Lipinski definition) is 0. The van der Waals surface area contributed by atoms with Crippen molar-refractivity contribution in [3.63, 3.8) is 0 Å². The van der Waals surface area contributed by atoms with Crippen LogP contribution in [-0.2, 0) is 12.5 Å². The summed E-state index contributed by atoms with van der Waals surface area (Å²) in [6.45, 7) is 0. The molecule has 6 nitrogen and oxygen atoms in total. The van der Waals surface area contributed by atoms with Crippen molar-refractivity contribution in [3.05, 3.63) is 0 Å². The molecule has 0 unspecified atom stereocenters. The zero-order valence-corrected chi connectivity index (χ0v) is 6.91. The Balaban J connectivity index is -0.000000000333. The molecule has 0 amide bonds. The third-order valence-electron chi connectivity index (χ3n) is 0. The molecule has 0 bridgehead atoms. The molecule has 64 valence electrons. The molecule has 0 spiro atoms. The van der Waals surface area contributed by atoms with Gasteiger partial charge in [-0.25, -0.2) is 0 Å². The van der Waals surface area contributed by atoms with Gasteiger partial charge in [-0.1, -0.05) is 0 Å².